The number of rotatable bonds is 4. The number of hydrogen-bond acceptors (Lipinski definition) is 3. The minimum Gasteiger partial charge on any atom is -0.474 e. The van der Waals surface area contributed by atoms with Crippen LogP contribution < -0.4 is 0 Å². The Morgan fingerprint density at radius 3 is 2.40 bits per heavy atom. The Morgan fingerprint density at radius 1 is 1.40 bits per heavy atom. The quantitative estimate of drug-likeness (QED) is 0.831. The summed E-state index contributed by atoms with van der Waals surface area (Å²) in [6.07, 6.45) is 0.754. The van der Waals surface area contributed by atoms with Crippen molar-refractivity contribution in [1.29, 1.82) is 0 Å². The molecule has 0 atom stereocenters. The van der Waals surface area contributed by atoms with Gasteiger partial charge in [0.15, 0.2) is 0 Å². The van der Waals surface area contributed by atoms with Crippen LogP contribution in [-0.4, -0.2) is 16.1 Å². The van der Waals surface area contributed by atoms with Gasteiger partial charge in [-0.2, -0.15) is 0 Å². The van der Waals surface area contributed by atoms with Gasteiger partial charge in [0.2, 0.25) is 0 Å². The SMILES string of the molecule is CC(C)Cc1nc(C(=O)O)oc1C(C)C. The van der Waals surface area contributed by atoms with Crippen molar-refractivity contribution >= 4 is 5.97 Å². The first-order chi connectivity index (χ1) is 6.91. The molecule has 4 heteroatoms. The lowest BCUT2D eigenvalue weighted by Gasteiger charge is -2.05. The summed E-state index contributed by atoms with van der Waals surface area (Å²) in [4.78, 5) is 14.7. The third kappa shape index (κ3) is 2.81. The first kappa shape index (κ1) is 11.8. The molecular weight excluding hydrogens is 194 g/mol. The zero-order valence-electron chi connectivity index (χ0n) is 9.57. The number of nitrogens with zero attached hydrogens (tertiary/aromatic N) is 1. The van der Waals surface area contributed by atoms with E-state index in [1.54, 1.807) is 0 Å². The summed E-state index contributed by atoms with van der Waals surface area (Å²) in [7, 11) is 0. The summed E-state index contributed by atoms with van der Waals surface area (Å²) in [5.74, 6) is -0.00375. The maximum Gasteiger partial charge on any atom is 0.392 e. The Balaban J connectivity index is 3.06. The number of aromatic nitrogens is 1. The Bertz CT molecular complexity index is 353. The zero-order chi connectivity index (χ0) is 11.6. The highest BCUT2D eigenvalue weighted by atomic mass is 16.4. The van der Waals surface area contributed by atoms with E-state index in [4.69, 9.17) is 9.52 Å². The van der Waals surface area contributed by atoms with Crippen LogP contribution in [0.15, 0.2) is 4.42 Å². The number of carboxylic acid groups (broad SMARTS) is 1. The fourth-order valence-corrected chi connectivity index (χ4v) is 1.44. The van der Waals surface area contributed by atoms with Crippen LogP contribution in [0.2, 0.25) is 0 Å². The molecule has 1 aromatic rings. The highest BCUT2D eigenvalue weighted by molar-refractivity contribution is 5.82. The van der Waals surface area contributed by atoms with Crippen molar-refractivity contribution in [1.82, 2.24) is 4.98 Å². The van der Waals surface area contributed by atoms with E-state index < -0.39 is 5.97 Å². The first-order valence-corrected chi connectivity index (χ1v) is 5.14. The van der Waals surface area contributed by atoms with E-state index in [0.717, 1.165) is 12.1 Å². The topological polar surface area (TPSA) is 63.3 Å². The van der Waals surface area contributed by atoms with Gasteiger partial charge in [0.05, 0.1) is 5.69 Å². The molecule has 0 aliphatic heterocycles. The van der Waals surface area contributed by atoms with E-state index in [-0.39, 0.29) is 11.8 Å². The third-order valence-electron chi connectivity index (χ3n) is 2.04. The van der Waals surface area contributed by atoms with Crippen molar-refractivity contribution in [3.8, 4) is 0 Å². The van der Waals surface area contributed by atoms with E-state index in [1.807, 2.05) is 13.8 Å². The summed E-state index contributed by atoms with van der Waals surface area (Å²) in [5.41, 5.74) is 0.775. The Labute approximate surface area is 89.3 Å². The fourth-order valence-electron chi connectivity index (χ4n) is 1.44. The van der Waals surface area contributed by atoms with Gasteiger partial charge in [-0.25, -0.2) is 9.78 Å². The maximum absolute atomic E-state index is 10.7. The van der Waals surface area contributed by atoms with Crippen LogP contribution in [-0.2, 0) is 6.42 Å². The third-order valence-corrected chi connectivity index (χ3v) is 2.04. The van der Waals surface area contributed by atoms with Crippen LogP contribution >= 0.6 is 0 Å². The molecule has 0 radical (unpaired) electrons. The monoisotopic (exact) mass is 211 g/mol. The normalized spacial score (nSPS) is 11.3. The molecule has 0 bridgehead atoms. The Morgan fingerprint density at radius 2 is 2.00 bits per heavy atom. The summed E-state index contributed by atoms with van der Waals surface area (Å²) in [5, 5.41) is 8.78. The van der Waals surface area contributed by atoms with Gasteiger partial charge < -0.3 is 9.52 Å². The molecule has 0 amide bonds. The van der Waals surface area contributed by atoms with Crippen LogP contribution in [0.5, 0.6) is 0 Å². The number of carboxylic acids is 1. The molecular formula is C11H17NO3. The van der Waals surface area contributed by atoms with E-state index >= 15 is 0 Å². The van der Waals surface area contributed by atoms with Gasteiger partial charge in [0.25, 0.3) is 0 Å². The average Bonchev–Trinajstić information content (AvgIpc) is 2.46. The lowest BCUT2D eigenvalue weighted by molar-refractivity contribution is 0.0651. The van der Waals surface area contributed by atoms with Crippen molar-refractivity contribution in [2.45, 2.75) is 40.0 Å². The molecule has 84 valence electrons. The van der Waals surface area contributed by atoms with Crippen molar-refractivity contribution in [2.75, 3.05) is 0 Å². The van der Waals surface area contributed by atoms with Crippen LogP contribution in [0.3, 0.4) is 0 Å². The average molecular weight is 211 g/mol. The highest BCUT2D eigenvalue weighted by Gasteiger charge is 2.20. The van der Waals surface area contributed by atoms with Crippen LogP contribution in [0, 0.1) is 5.92 Å². The van der Waals surface area contributed by atoms with Crippen LogP contribution in [0.1, 0.15) is 55.8 Å². The van der Waals surface area contributed by atoms with Gasteiger partial charge in [0.1, 0.15) is 5.76 Å². The van der Waals surface area contributed by atoms with Crippen LogP contribution in [0.4, 0.5) is 0 Å². The molecule has 0 spiro atoms. The number of carbonyl (C=O) groups is 1. The van der Waals surface area contributed by atoms with Gasteiger partial charge in [-0.3, -0.25) is 0 Å². The van der Waals surface area contributed by atoms with E-state index in [1.165, 1.54) is 0 Å². The molecule has 1 rings (SSSR count). The molecule has 0 saturated carbocycles. The molecule has 0 aliphatic carbocycles. The fraction of sp³-hybridized carbons (Fsp3) is 0.636. The lowest BCUT2D eigenvalue weighted by Crippen LogP contribution is -2.00. The molecule has 1 heterocycles. The van der Waals surface area contributed by atoms with E-state index in [0.29, 0.717) is 11.7 Å². The molecule has 4 nitrogen and oxygen atoms in total. The number of aromatic carboxylic acids is 1. The molecule has 0 saturated heterocycles. The first-order valence-electron chi connectivity index (χ1n) is 5.14. The molecule has 0 fully saturated rings. The van der Waals surface area contributed by atoms with E-state index in [9.17, 15) is 4.79 Å². The predicted octanol–water partition coefficient (Wildman–Crippen LogP) is 2.69. The van der Waals surface area contributed by atoms with E-state index in [2.05, 4.69) is 18.8 Å². The second-order valence-electron chi connectivity index (χ2n) is 4.39. The molecule has 0 aromatic carbocycles. The summed E-state index contributed by atoms with van der Waals surface area (Å²) in [6, 6.07) is 0. The predicted molar refractivity (Wildman–Crippen MR) is 56.1 cm³/mol. The Kier molecular flexibility index (Phi) is 3.50. The molecule has 15 heavy (non-hydrogen) atoms. The lowest BCUT2D eigenvalue weighted by atomic mass is 10.0. The Hall–Kier alpha value is -1.32. The second kappa shape index (κ2) is 4.47. The van der Waals surface area contributed by atoms with Crippen molar-refractivity contribution in [2.24, 2.45) is 5.92 Å². The van der Waals surface area contributed by atoms with Crippen molar-refractivity contribution < 1.29 is 14.3 Å². The minimum absolute atomic E-state index is 0.166. The van der Waals surface area contributed by atoms with Gasteiger partial charge >= 0.3 is 11.9 Å². The standard InChI is InChI=1S/C11H17NO3/c1-6(2)5-8-9(7(3)4)15-10(12-8)11(13)14/h6-7H,5H2,1-4H3,(H,13,14). The van der Waals surface area contributed by atoms with Gasteiger partial charge in [-0.15, -0.1) is 0 Å². The minimum atomic E-state index is -1.10. The van der Waals surface area contributed by atoms with Crippen molar-refractivity contribution in [3.05, 3.63) is 17.3 Å². The van der Waals surface area contributed by atoms with Gasteiger partial charge in [0, 0.05) is 5.92 Å². The molecule has 1 aromatic heterocycles. The largest absolute Gasteiger partial charge is 0.474 e. The number of oxazole rings is 1. The highest BCUT2D eigenvalue weighted by Crippen LogP contribution is 2.23. The number of hydrogen-bond donors (Lipinski definition) is 1. The molecule has 1 N–H and O–H groups in total. The van der Waals surface area contributed by atoms with Crippen LogP contribution in [0.25, 0.3) is 0 Å². The summed E-state index contributed by atoms with van der Waals surface area (Å²) < 4.78 is 5.23. The summed E-state index contributed by atoms with van der Waals surface area (Å²) in [6.45, 7) is 8.07. The molecule has 0 aliphatic rings. The second-order valence-corrected chi connectivity index (χ2v) is 4.39. The van der Waals surface area contributed by atoms with Gasteiger partial charge in [-0.05, 0) is 12.3 Å². The smallest absolute Gasteiger partial charge is 0.392 e. The zero-order valence-corrected chi connectivity index (χ0v) is 9.57. The maximum atomic E-state index is 10.7. The van der Waals surface area contributed by atoms with Crippen molar-refractivity contribution in [3.63, 3.8) is 0 Å². The molecule has 0 unspecified atom stereocenters. The summed E-state index contributed by atoms with van der Waals surface area (Å²) >= 11 is 0. The van der Waals surface area contributed by atoms with Gasteiger partial charge in [-0.1, -0.05) is 27.7 Å².